The summed E-state index contributed by atoms with van der Waals surface area (Å²) in [4.78, 5) is 18.7. The summed E-state index contributed by atoms with van der Waals surface area (Å²) in [7, 11) is 1.71. The average Bonchev–Trinajstić information content (AvgIpc) is 3.11. The fourth-order valence-electron chi connectivity index (χ4n) is 3.89. The third-order valence-electron chi connectivity index (χ3n) is 5.28. The summed E-state index contributed by atoms with van der Waals surface area (Å²) in [6.07, 6.45) is 4.69. The fraction of sp³-hybridized carbons (Fsp3) is 0.450. The number of nitrogens with zero attached hydrogens (tertiary/aromatic N) is 2. The van der Waals surface area contributed by atoms with Gasteiger partial charge in [0.2, 0.25) is 0 Å². The van der Waals surface area contributed by atoms with Crippen LogP contribution in [-0.2, 0) is 12.8 Å². The lowest BCUT2D eigenvalue weighted by Gasteiger charge is -2.36. The average molecular weight is 356 g/mol. The number of methoxy groups -OCH3 is 1. The molecule has 4 rings (SSSR count). The molecule has 1 aliphatic heterocycles. The van der Waals surface area contributed by atoms with E-state index < -0.39 is 0 Å². The van der Waals surface area contributed by atoms with E-state index in [1.807, 2.05) is 23.1 Å². The smallest absolute Gasteiger partial charge is 0.255 e. The highest BCUT2D eigenvalue weighted by Crippen LogP contribution is 2.32. The number of para-hydroxylation sites is 2. The Morgan fingerprint density at radius 1 is 1.08 bits per heavy atom. The maximum absolute atomic E-state index is 13.0. The van der Waals surface area contributed by atoms with Crippen LogP contribution >= 0.6 is 11.3 Å². The zero-order valence-electron chi connectivity index (χ0n) is 14.7. The summed E-state index contributed by atoms with van der Waals surface area (Å²) < 4.78 is 5.47. The van der Waals surface area contributed by atoms with Crippen LogP contribution in [0.3, 0.4) is 0 Å². The predicted molar refractivity (Wildman–Crippen MR) is 102 cm³/mol. The number of fused-ring (bicyclic) bond motifs is 1. The van der Waals surface area contributed by atoms with Crippen molar-refractivity contribution >= 4 is 22.9 Å². The molecule has 1 amide bonds. The maximum Gasteiger partial charge on any atom is 0.255 e. The van der Waals surface area contributed by atoms with E-state index in [0.717, 1.165) is 56.0 Å². The molecule has 0 saturated carbocycles. The van der Waals surface area contributed by atoms with E-state index in [1.165, 1.54) is 23.3 Å². The molecule has 4 nitrogen and oxygen atoms in total. The van der Waals surface area contributed by atoms with E-state index in [9.17, 15) is 4.79 Å². The topological polar surface area (TPSA) is 32.8 Å². The molecule has 0 spiro atoms. The van der Waals surface area contributed by atoms with Crippen molar-refractivity contribution in [2.75, 3.05) is 38.2 Å². The van der Waals surface area contributed by atoms with Gasteiger partial charge < -0.3 is 14.5 Å². The lowest BCUT2D eigenvalue weighted by atomic mass is 9.95. The standard InChI is InChI=1S/C20H24N2O2S/c1-24-18-8-4-3-7-17(18)21-10-12-22(13-11-21)20(23)16-14-25-19-9-5-2-6-15(16)19/h3-4,7-8,14H,2,5-6,9-13H2,1H3. The molecule has 0 unspecified atom stereocenters. The molecule has 2 heterocycles. The molecule has 0 N–H and O–H groups in total. The molecular weight excluding hydrogens is 332 g/mol. The highest BCUT2D eigenvalue weighted by molar-refractivity contribution is 7.10. The number of piperazine rings is 1. The van der Waals surface area contributed by atoms with Crippen molar-refractivity contribution in [3.63, 3.8) is 0 Å². The Kier molecular flexibility index (Phi) is 4.66. The van der Waals surface area contributed by atoms with E-state index in [-0.39, 0.29) is 5.91 Å². The molecule has 132 valence electrons. The second-order valence-corrected chi connectivity index (χ2v) is 7.67. The van der Waals surface area contributed by atoms with Gasteiger partial charge in [-0.25, -0.2) is 0 Å². The molecule has 1 aliphatic carbocycles. The van der Waals surface area contributed by atoms with Gasteiger partial charge in [0.1, 0.15) is 5.75 Å². The minimum Gasteiger partial charge on any atom is -0.495 e. The fourth-order valence-corrected chi connectivity index (χ4v) is 5.00. The SMILES string of the molecule is COc1ccccc1N1CCN(C(=O)c2csc3c2CCCC3)CC1. The number of carbonyl (C=O) groups is 1. The Morgan fingerprint density at radius 2 is 1.84 bits per heavy atom. The number of hydrogen-bond donors (Lipinski definition) is 0. The molecule has 0 radical (unpaired) electrons. The van der Waals surface area contributed by atoms with Crippen molar-refractivity contribution < 1.29 is 9.53 Å². The second kappa shape index (κ2) is 7.08. The van der Waals surface area contributed by atoms with Crippen molar-refractivity contribution in [1.82, 2.24) is 4.90 Å². The number of carbonyl (C=O) groups excluding carboxylic acids is 1. The highest BCUT2D eigenvalue weighted by atomic mass is 32.1. The molecule has 0 bridgehead atoms. The number of hydrogen-bond acceptors (Lipinski definition) is 4. The van der Waals surface area contributed by atoms with Gasteiger partial charge in [0.15, 0.2) is 0 Å². The molecule has 0 atom stereocenters. The zero-order valence-corrected chi connectivity index (χ0v) is 15.5. The molecular formula is C20H24N2O2S. The summed E-state index contributed by atoms with van der Waals surface area (Å²) in [5.74, 6) is 1.12. The highest BCUT2D eigenvalue weighted by Gasteiger charge is 2.27. The summed E-state index contributed by atoms with van der Waals surface area (Å²) in [6.45, 7) is 3.22. The van der Waals surface area contributed by atoms with Gasteiger partial charge in [-0.3, -0.25) is 4.79 Å². The molecule has 2 aromatic rings. The van der Waals surface area contributed by atoms with E-state index in [1.54, 1.807) is 18.4 Å². The number of ether oxygens (including phenoxy) is 1. The molecule has 1 fully saturated rings. The van der Waals surface area contributed by atoms with E-state index in [0.29, 0.717) is 0 Å². The Labute approximate surface area is 153 Å². The number of rotatable bonds is 3. The van der Waals surface area contributed by atoms with Gasteiger partial charge in [-0.15, -0.1) is 11.3 Å². The number of thiophene rings is 1. The molecule has 1 aromatic carbocycles. The summed E-state index contributed by atoms with van der Waals surface area (Å²) in [5.41, 5.74) is 3.41. The van der Waals surface area contributed by atoms with Crippen LogP contribution in [0.1, 0.15) is 33.6 Å². The van der Waals surface area contributed by atoms with Gasteiger partial charge in [-0.2, -0.15) is 0 Å². The van der Waals surface area contributed by atoms with Gasteiger partial charge in [-0.05, 0) is 43.4 Å². The van der Waals surface area contributed by atoms with Crippen molar-refractivity contribution in [3.8, 4) is 5.75 Å². The van der Waals surface area contributed by atoms with Gasteiger partial charge in [0.05, 0.1) is 18.4 Å². The van der Waals surface area contributed by atoms with Crippen LogP contribution in [0.4, 0.5) is 5.69 Å². The molecule has 5 heteroatoms. The number of anilines is 1. The molecule has 1 saturated heterocycles. The predicted octanol–water partition coefficient (Wildman–Crippen LogP) is 3.60. The first kappa shape index (κ1) is 16.5. The Hall–Kier alpha value is -2.01. The van der Waals surface area contributed by atoms with Crippen molar-refractivity contribution in [2.24, 2.45) is 0 Å². The van der Waals surface area contributed by atoms with E-state index >= 15 is 0 Å². The minimum absolute atomic E-state index is 0.221. The third kappa shape index (κ3) is 3.13. The Morgan fingerprint density at radius 3 is 2.64 bits per heavy atom. The van der Waals surface area contributed by atoms with Crippen molar-refractivity contribution in [2.45, 2.75) is 25.7 Å². The maximum atomic E-state index is 13.0. The Balaban J connectivity index is 1.45. The summed E-state index contributed by atoms with van der Waals surface area (Å²) >= 11 is 1.77. The van der Waals surface area contributed by atoms with Crippen molar-refractivity contribution in [1.29, 1.82) is 0 Å². The number of benzene rings is 1. The van der Waals surface area contributed by atoms with E-state index in [2.05, 4.69) is 16.3 Å². The lowest BCUT2D eigenvalue weighted by Crippen LogP contribution is -2.49. The zero-order chi connectivity index (χ0) is 17.2. The van der Waals surface area contributed by atoms with Crippen LogP contribution in [-0.4, -0.2) is 44.1 Å². The molecule has 25 heavy (non-hydrogen) atoms. The van der Waals surface area contributed by atoms with Gasteiger partial charge in [0.25, 0.3) is 5.91 Å². The minimum atomic E-state index is 0.221. The quantitative estimate of drug-likeness (QED) is 0.842. The van der Waals surface area contributed by atoms with Gasteiger partial charge in [-0.1, -0.05) is 12.1 Å². The Bertz CT molecular complexity index is 763. The van der Waals surface area contributed by atoms with Crippen LogP contribution in [0.2, 0.25) is 0 Å². The molecule has 1 aromatic heterocycles. The first-order valence-corrected chi connectivity index (χ1v) is 9.92. The monoisotopic (exact) mass is 356 g/mol. The molecule has 2 aliphatic rings. The largest absolute Gasteiger partial charge is 0.495 e. The lowest BCUT2D eigenvalue weighted by molar-refractivity contribution is 0.0746. The number of amides is 1. The summed E-state index contributed by atoms with van der Waals surface area (Å²) in [6, 6.07) is 8.10. The number of aryl methyl sites for hydroxylation is 1. The van der Waals surface area contributed by atoms with Crippen molar-refractivity contribution in [3.05, 3.63) is 45.6 Å². The van der Waals surface area contributed by atoms with Crippen LogP contribution in [0, 0.1) is 0 Å². The normalized spacial score (nSPS) is 17.3. The van der Waals surface area contributed by atoms with E-state index in [4.69, 9.17) is 4.74 Å². The summed E-state index contributed by atoms with van der Waals surface area (Å²) in [5, 5.41) is 2.09. The second-order valence-electron chi connectivity index (χ2n) is 6.71. The van der Waals surface area contributed by atoms with Crippen LogP contribution in [0.25, 0.3) is 0 Å². The van der Waals surface area contributed by atoms with Crippen LogP contribution in [0.5, 0.6) is 5.75 Å². The van der Waals surface area contributed by atoms with Crippen LogP contribution in [0.15, 0.2) is 29.6 Å². The first-order valence-electron chi connectivity index (χ1n) is 9.04. The third-order valence-corrected chi connectivity index (χ3v) is 6.37. The van der Waals surface area contributed by atoms with Gasteiger partial charge >= 0.3 is 0 Å². The first-order chi connectivity index (χ1) is 12.3. The van der Waals surface area contributed by atoms with Gasteiger partial charge in [0, 0.05) is 36.4 Å². The van der Waals surface area contributed by atoms with Crippen LogP contribution < -0.4 is 9.64 Å².